The van der Waals surface area contributed by atoms with Crippen molar-refractivity contribution in [3.05, 3.63) is 0 Å². The van der Waals surface area contributed by atoms with E-state index in [0.29, 0.717) is 45.6 Å². The first-order valence-electron chi connectivity index (χ1n) is 8.11. The van der Waals surface area contributed by atoms with Gasteiger partial charge in [0.15, 0.2) is 0 Å². The van der Waals surface area contributed by atoms with E-state index in [2.05, 4.69) is 16.6 Å². The van der Waals surface area contributed by atoms with Crippen molar-refractivity contribution in [3.63, 3.8) is 0 Å². The Morgan fingerprint density at radius 2 is 2.00 bits per heavy atom. The quantitative estimate of drug-likeness (QED) is 0.647. The number of nitrogens with one attached hydrogen (secondary N) is 2. The number of terminal acetylenes is 1. The third-order valence-corrected chi connectivity index (χ3v) is 4.22. The van der Waals surface area contributed by atoms with Crippen molar-refractivity contribution in [2.75, 3.05) is 39.3 Å². The normalized spacial score (nSPS) is 22.7. The highest BCUT2D eigenvalue weighted by Crippen LogP contribution is 2.13. The molecule has 0 saturated carbocycles. The fourth-order valence-corrected chi connectivity index (χ4v) is 2.91. The molecule has 0 radical (unpaired) electrons. The Hall–Kier alpha value is -2.07. The van der Waals surface area contributed by atoms with Crippen molar-refractivity contribution in [3.8, 4) is 12.3 Å². The molecule has 3 amide bonds. The fourth-order valence-electron chi connectivity index (χ4n) is 2.91. The van der Waals surface area contributed by atoms with E-state index >= 15 is 0 Å². The van der Waals surface area contributed by atoms with E-state index in [1.54, 1.807) is 4.90 Å². The van der Waals surface area contributed by atoms with E-state index in [1.807, 2.05) is 4.90 Å². The summed E-state index contributed by atoms with van der Waals surface area (Å²) in [4.78, 5) is 39.5. The average Bonchev–Trinajstić information content (AvgIpc) is 2.77. The molecule has 2 heterocycles. The number of amides is 3. The van der Waals surface area contributed by atoms with Gasteiger partial charge < -0.3 is 15.5 Å². The van der Waals surface area contributed by atoms with Crippen LogP contribution in [-0.2, 0) is 14.4 Å². The maximum atomic E-state index is 12.5. The Bertz CT molecular complexity index is 492. The van der Waals surface area contributed by atoms with Gasteiger partial charge in [0.25, 0.3) is 0 Å². The number of nitrogens with zero attached hydrogens (tertiary/aromatic N) is 2. The molecule has 0 aliphatic carbocycles. The van der Waals surface area contributed by atoms with Crippen LogP contribution < -0.4 is 10.6 Å². The van der Waals surface area contributed by atoms with Crippen LogP contribution in [0.4, 0.5) is 0 Å². The maximum Gasteiger partial charge on any atom is 0.245 e. The lowest BCUT2D eigenvalue weighted by atomic mass is 10.1. The lowest BCUT2D eigenvalue weighted by Crippen LogP contribution is -2.55. The van der Waals surface area contributed by atoms with Crippen molar-refractivity contribution in [2.24, 2.45) is 0 Å². The Balaban J connectivity index is 1.77. The first-order chi connectivity index (χ1) is 11.1. The zero-order valence-corrected chi connectivity index (χ0v) is 13.3. The highest BCUT2D eigenvalue weighted by molar-refractivity contribution is 5.88. The van der Waals surface area contributed by atoms with Crippen LogP contribution in [0.3, 0.4) is 0 Å². The highest BCUT2D eigenvalue weighted by Gasteiger charge is 2.29. The summed E-state index contributed by atoms with van der Waals surface area (Å²) in [6.45, 7) is 2.98. The Morgan fingerprint density at radius 1 is 1.26 bits per heavy atom. The van der Waals surface area contributed by atoms with Crippen molar-refractivity contribution in [2.45, 2.75) is 31.7 Å². The molecule has 0 aromatic rings. The first kappa shape index (κ1) is 17.3. The molecule has 0 aromatic carbocycles. The number of carbonyl (C=O) groups excluding carboxylic acids is 3. The second-order valence-corrected chi connectivity index (χ2v) is 5.95. The molecule has 2 saturated heterocycles. The van der Waals surface area contributed by atoms with Crippen LogP contribution in [0.25, 0.3) is 0 Å². The summed E-state index contributed by atoms with van der Waals surface area (Å²) in [5.41, 5.74) is 0. The Morgan fingerprint density at radius 3 is 2.70 bits per heavy atom. The molecule has 0 bridgehead atoms. The second kappa shape index (κ2) is 8.53. The van der Waals surface area contributed by atoms with Crippen molar-refractivity contribution in [1.29, 1.82) is 0 Å². The summed E-state index contributed by atoms with van der Waals surface area (Å²) >= 11 is 0. The summed E-state index contributed by atoms with van der Waals surface area (Å²) in [7, 11) is 0. The van der Waals surface area contributed by atoms with Crippen LogP contribution in [-0.4, -0.2) is 72.8 Å². The van der Waals surface area contributed by atoms with Gasteiger partial charge in [0.05, 0.1) is 13.1 Å². The molecular formula is C16H24N4O3. The number of hydrogen-bond donors (Lipinski definition) is 2. The summed E-state index contributed by atoms with van der Waals surface area (Å²) in [6, 6.07) is -0.393. The average molecular weight is 320 g/mol. The summed E-state index contributed by atoms with van der Waals surface area (Å²) in [5, 5.41) is 5.45. The van der Waals surface area contributed by atoms with Gasteiger partial charge in [-0.2, -0.15) is 0 Å². The van der Waals surface area contributed by atoms with Crippen LogP contribution in [0.1, 0.15) is 25.7 Å². The van der Waals surface area contributed by atoms with Crippen LogP contribution in [0.2, 0.25) is 0 Å². The molecule has 2 aliphatic heterocycles. The molecular weight excluding hydrogens is 296 g/mol. The summed E-state index contributed by atoms with van der Waals surface area (Å²) < 4.78 is 0. The molecule has 23 heavy (non-hydrogen) atoms. The summed E-state index contributed by atoms with van der Waals surface area (Å²) in [5.74, 6) is 2.23. The lowest BCUT2D eigenvalue weighted by molar-refractivity contribution is -0.138. The predicted molar refractivity (Wildman–Crippen MR) is 85.3 cm³/mol. The second-order valence-electron chi connectivity index (χ2n) is 5.95. The van der Waals surface area contributed by atoms with Gasteiger partial charge in [-0.15, -0.1) is 6.42 Å². The van der Waals surface area contributed by atoms with Gasteiger partial charge in [-0.1, -0.05) is 12.3 Å². The molecule has 1 atom stereocenters. The minimum Gasteiger partial charge on any atom is -0.344 e. The van der Waals surface area contributed by atoms with Crippen molar-refractivity contribution >= 4 is 17.7 Å². The Kier molecular flexibility index (Phi) is 6.41. The Labute approximate surface area is 136 Å². The molecule has 7 heteroatoms. The van der Waals surface area contributed by atoms with Gasteiger partial charge in [-0.3, -0.25) is 19.3 Å². The van der Waals surface area contributed by atoms with Crippen LogP contribution >= 0.6 is 0 Å². The maximum absolute atomic E-state index is 12.5. The zero-order chi connectivity index (χ0) is 16.7. The first-order valence-corrected chi connectivity index (χ1v) is 8.11. The molecule has 2 rings (SSSR count). The van der Waals surface area contributed by atoms with Crippen LogP contribution in [0.5, 0.6) is 0 Å². The predicted octanol–water partition coefficient (Wildman–Crippen LogP) is -1.06. The minimum atomic E-state index is -0.393. The largest absolute Gasteiger partial charge is 0.344 e. The van der Waals surface area contributed by atoms with Crippen LogP contribution in [0.15, 0.2) is 0 Å². The minimum absolute atomic E-state index is 0.00307. The van der Waals surface area contributed by atoms with E-state index in [9.17, 15) is 14.4 Å². The number of rotatable bonds is 4. The molecule has 0 unspecified atom stereocenters. The SMILES string of the molecule is C#CCNC(=O)CN1CCN(C(=O)[C@H]2CCCCC(=O)N2)CC1. The molecule has 0 spiro atoms. The number of hydrogen-bond acceptors (Lipinski definition) is 4. The fraction of sp³-hybridized carbons (Fsp3) is 0.688. The third kappa shape index (κ3) is 5.25. The molecule has 2 aliphatic rings. The van der Waals surface area contributed by atoms with E-state index in [0.717, 1.165) is 12.8 Å². The van der Waals surface area contributed by atoms with Crippen molar-refractivity contribution < 1.29 is 14.4 Å². The standard InChI is InChI=1S/C16H24N4O3/c1-2-7-17-15(22)12-19-8-10-20(11-9-19)16(23)13-5-3-4-6-14(21)18-13/h1,13H,3-12H2,(H,17,22)(H,18,21)/t13-/m1/s1. The van der Waals surface area contributed by atoms with Crippen molar-refractivity contribution in [1.82, 2.24) is 20.4 Å². The third-order valence-electron chi connectivity index (χ3n) is 4.22. The van der Waals surface area contributed by atoms with Crippen LogP contribution in [0, 0.1) is 12.3 Å². The molecule has 2 fully saturated rings. The molecule has 126 valence electrons. The topological polar surface area (TPSA) is 81.8 Å². The van der Waals surface area contributed by atoms with E-state index in [4.69, 9.17) is 6.42 Å². The van der Waals surface area contributed by atoms with Gasteiger partial charge in [0.2, 0.25) is 17.7 Å². The van der Waals surface area contributed by atoms with E-state index in [-0.39, 0.29) is 24.3 Å². The van der Waals surface area contributed by atoms with E-state index < -0.39 is 6.04 Å². The van der Waals surface area contributed by atoms with Gasteiger partial charge in [0.1, 0.15) is 6.04 Å². The smallest absolute Gasteiger partial charge is 0.245 e. The molecule has 2 N–H and O–H groups in total. The number of piperazine rings is 1. The van der Waals surface area contributed by atoms with E-state index in [1.165, 1.54) is 0 Å². The number of carbonyl (C=O) groups is 3. The highest BCUT2D eigenvalue weighted by atomic mass is 16.2. The van der Waals surface area contributed by atoms with Gasteiger partial charge >= 0.3 is 0 Å². The summed E-state index contributed by atoms with van der Waals surface area (Å²) in [6.07, 6.45) is 8.05. The lowest BCUT2D eigenvalue weighted by Gasteiger charge is -2.36. The van der Waals surface area contributed by atoms with Gasteiger partial charge in [-0.25, -0.2) is 0 Å². The molecule has 7 nitrogen and oxygen atoms in total. The molecule has 0 aromatic heterocycles. The van der Waals surface area contributed by atoms with Gasteiger partial charge in [0, 0.05) is 32.6 Å². The zero-order valence-electron chi connectivity index (χ0n) is 13.3. The van der Waals surface area contributed by atoms with Gasteiger partial charge in [-0.05, 0) is 12.8 Å². The monoisotopic (exact) mass is 320 g/mol.